The van der Waals surface area contributed by atoms with E-state index in [2.05, 4.69) is 172 Å². The van der Waals surface area contributed by atoms with Crippen molar-refractivity contribution in [3.05, 3.63) is 192 Å². The number of furan rings is 2. The van der Waals surface area contributed by atoms with Gasteiger partial charge in [0, 0.05) is 44.3 Å². The topological polar surface area (TPSA) is 52.1 Å². The average Bonchev–Trinajstić information content (AvgIpc) is 4.27. The molecule has 0 aliphatic heterocycles. The van der Waals surface area contributed by atoms with E-state index in [0.717, 1.165) is 108 Å². The highest BCUT2D eigenvalue weighted by atomic mass is 16.3. The maximum atomic E-state index is 6.51. The highest BCUT2D eigenvalue weighted by molar-refractivity contribution is 6.06. The van der Waals surface area contributed by atoms with E-state index < -0.39 is 0 Å². The summed E-state index contributed by atoms with van der Waals surface area (Å²) in [7, 11) is 0. The van der Waals surface area contributed by atoms with Crippen LogP contribution in [0.2, 0.25) is 0 Å². The van der Waals surface area contributed by atoms with Crippen LogP contribution in [-0.4, -0.2) is 9.97 Å². The summed E-state index contributed by atoms with van der Waals surface area (Å²) in [6, 6.07) is 50.3. The predicted molar refractivity (Wildman–Crippen MR) is 272 cm³/mol. The summed E-state index contributed by atoms with van der Waals surface area (Å²) in [5.41, 5.74) is 19.8. The smallest absolute Gasteiger partial charge is 0.160 e. The molecule has 15 rings (SSSR count). The molecule has 0 bridgehead atoms. The fourth-order valence-corrected chi connectivity index (χ4v) is 12.9. The number of hydrogen-bond acceptors (Lipinski definition) is 4. The Labute approximate surface area is 390 Å². The van der Waals surface area contributed by atoms with E-state index in [1.165, 1.54) is 34.9 Å². The molecule has 6 aliphatic rings. The van der Waals surface area contributed by atoms with E-state index in [1.54, 1.807) is 11.1 Å². The number of para-hydroxylation sites is 1. The van der Waals surface area contributed by atoms with Gasteiger partial charge in [-0.1, -0.05) is 135 Å². The van der Waals surface area contributed by atoms with E-state index in [9.17, 15) is 0 Å². The third kappa shape index (κ3) is 5.91. The van der Waals surface area contributed by atoms with Crippen LogP contribution in [0.1, 0.15) is 62.3 Å². The molecule has 3 aromatic heterocycles. The van der Waals surface area contributed by atoms with E-state index in [1.807, 2.05) is 12.1 Å². The number of benzene rings is 6. The van der Waals surface area contributed by atoms with Gasteiger partial charge in [0.15, 0.2) is 5.82 Å². The van der Waals surface area contributed by atoms with Crippen molar-refractivity contribution < 1.29 is 8.83 Å². The van der Waals surface area contributed by atoms with Gasteiger partial charge in [-0.25, -0.2) is 9.97 Å². The molecule has 4 nitrogen and oxygen atoms in total. The lowest BCUT2D eigenvalue weighted by Gasteiger charge is -2.37. The fourth-order valence-electron chi connectivity index (χ4n) is 12.9. The van der Waals surface area contributed by atoms with Gasteiger partial charge in [-0.3, -0.25) is 0 Å². The number of allylic oxidation sites excluding steroid dienone is 7. The van der Waals surface area contributed by atoms with Crippen molar-refractivity contribution in [3.63, 3.8) is 0 Å². The van der Waals surface area contributed by atoms with Gasteiger partial charge in [0.1, 0.15) is 22.5 Å². The minimum Gasteiger partial charge on any atom is -0.460 e. The van der Waals surface area contributed by atoms with Gasteiger partial charge in [0.05, 0.1) is 11.4 Å². The van der Waals surface area contributed by atoms with Crippen LogP contribution in [-0.2, 0) is 0 Å². The molecule has 6 aliphatic carbocycles. The second-order valence-electron chi connectivity index (χ2n) is 20.8. The maximum absolute atomic E-state index is 6.51. The van der Waals surface area contributed by atoms with Gasteiger partial charge >= 0.3 is 0 Å². The molecule has 3 heterocycles. The van der Waals surface area contributed by atoms with Crippen LogP contribution in [0.3, 0.4) is 0 Å². The van der Waals surface area contributed by atoms with E-state index in [-0.39, 0.29) is 5.41 Å². The first kappa shape index (κ1) is 37.9. The zero-order valence-electron chi connectivity index (χ0n) is 37.7. The molecule has 0 saturated heterocycles. The predicted octanol–water partition coefficient (Wildman–Crippen LogP) is 16.5. The molecule has 67 heavy (non-hydrogen) atoms. The molecule has 6 atom stereocenters. The lowest BCUT2D eigenvalue weighted by molar-refractivity contribution is 0.227. The SMILES string of the molecule is CC1(C)C2=C(C=CC3CC23)C2CC=C(c3ccc(-c4cc(-c5cc(-c6ccc7oc8c(c7c6)C=CC6CC86)cc(-c6ccc7oc8ccccc8c7c6)c5)nc(-c5ccccc5)n4)cc3)CC21. The van der Waals surface area contributed by atoms with Crippen molar-refractivity contribution in [2.45, 2.75) is 45.4 Å². The van der Waals surface area contributed by atoms with E-state index >= 15 is 0 Å². The van der Waals surface area contributed by atoms with E-state index in [0.29, 0.717) is 29.5 Å². The van der Waals surface area contributed by atoms with Crippen molar-refractivity contribution in [2.75, 3.05) is 0 Å². The first-order valence-electron chi connectivity index (χ1n) is 24.4. The molecule has 322 valence electrons. The van der Waals surface area contributed by atoms with Crippen LogP contribution in [0.5, 0.6) is 0 Å². The lowest BCUT2D eigenvalue weighted by Crippen LogP contribution is -2.28. The summed E-state index contributed by atoms with van der Waals surface area (Å²) in [5, 5.41) is 3.40. The fraction of sp³-hybridized carbons (Fsp3) is 0.206. The standard InChI is InChI=1S/C63H48N2O2/c1-63(2)54-33-40(16-21-46(54)48-22-17-41-31-50(41)60(48)63)35-12-14-36(15-13-35)55-34-56(65-62(64-55)37-8-4-3-5-9-37)45-27-43(38-19-24-58-52(29-38)47-10-6-7-11-57(47)66-58)26-44(28-45)39-20-25-59-53(30-39)49-23-18-42-32-51(42)61(49)67-59/h3-20,22-30,34,41-42,46,50-51,54H,21,31-33H2,1-2H3. The molecule has 6 aromatic carbocycles. The summed E-state index contributed by atoms with van der Waals surface area (Å²) in [4.78, 5) is 10.7. The van der Waals surface area contributed by atoms with Crippen molar-refractivity contribution in [2.24, 2.45) is 35.0 Å². The number of nitrogens with zero attached hydrogens (tertiary/aromatic N) is 2. The van der Waals surface area contributed by atoms with Crippen molar-refractivity contribution >= 4 is 44.6 Å². The van der Waals surface area contributed by atoms with Crippen LogP contribution < -0.4 is 0 Å². The zero-order valence-corrected chi connectivity index (χ0v) is 37.7. The van der Waals surface area contributed by atoms with E-state index in [4.69, 9.17) is 18.8 Å². The third-order valence-electron chi connectivity index (χ3n) is 16.6. The summed E-state index contributed by atoms with van der Waals surface area (Å²) in [5.74, 6) is 5.88. The van der Waals surface area contributed by atoms with Crippen molar-refractivity contribution in [3.8, 4) is 56.2 Å². The van der Waals surface area contributed by atoms with Crippen LogP contribution >= 0.6 is 0 Å². The minimum absolute atomic E-state index is 0.245. The molecule has 0 amide bonds. The summed E-state index contributed by atoms with van der Waals surface area (Å²) in [6.45, 7) is 5.07. The molecule has 0 N–H and O–H groups in total. The maximum Gasteiger partial charge on any atom is 0.160 e. The van der Waals surface area contributed by atoms with Crippen LogP contribution in [0, 0.1) is 35.0 Å². The largest absolute Gasteiger partial charge is 0.460 e. The molecule has 0 radical (unpaired) electrons. The summed E-state index contributed by atoms with van der Waals surface area (Å²) < 4.78 is 12.8. The molecule has 2 saturated carbocycles. The Hall–Kier alpha value is -7.30. The monoisotopic (exact) mass is 864 g/mol. The van der Waals surface area contributed by atoms with Gasteiger partial charge in [0.2, 0.25) is 0 Å². The Morgan fingerprint density at radius 3 is 1.97 bits per heavy atom. The molecule has 6 unspecified atom stereocenters. The first-order valence-corrected chi connectivity index (χ1v) is 24.4. The molecular formula is C63H48N2O2. The van der Waals surface area contributed by atoms with Crippen LogP contribution in [0.15, 0.2) is 184 Å². The zero-order chi connectivity index (χ0) is 44.1. The third-order valence-corrected chi connectivity index (χ3v) is 16.6. The van der Waals surface area contributed by atoms with Gasteiger partial charge < -0.3 is 8.83 Å². The number of aromatic nitrogens is 2. The Morgan fingerprint density at radius 1 is 0.507 bits per heavy atom. The van der Waals surface area contributed by atoms with Gasteiger partial charge in [-0.2, -0.15) is 0 Å². The Bertz CT molecular complexity index is 3710. The molecule has 2 fully saturated rings. The lowest BCUT2D eigenvalue weighted by atomic mass is 9.67. The first-order chi connectivity index (χ1) is 32.9. The number of rotatable bonds is 6. The van der Waals surface area contributed by atoms with Crippen molar-refractivity contribution in [1.29, 1.82) is 0 Å². The van der Waals surface area contributed by atoms with Crippen LogP contribution in [0.4, 0.5) is 0 Å². The molecule has 0 spiro atoms. The minimum atomic E-state index is 0.245. The number of fused-ring (bicyclic) bond motifs is 12. The van der Waals surface area contributed by atoms with Gasteiger partial charge in [-0.05, 0) is 154 Å². The Morgan fingerprint density at radius 2 is 1.15 bits per heavy atom. The van der Waals surface area contributed by atoms with Gasteiger partial charge in [-0.15, -0.1) is 0 Å². The Balaban J connectivity index is 0.844. The average molecular weight is 865 g/mol. The number of hydrogen-bond donors (Lipinski definition) is 0. The molecule has 9 aromatic rings. The second-order valence-corrected chi connectivity index (χ2v) is 20.8. The highest BCUT2D eigenvalue weighted by Crippen LogP contribution is 2.66. The Kier molecular flexibility index (Phi) is 7.84. The second kappa shape index (κ2) is 13.9. The van der Waals surface area contributed by atoms with Crippen molar-refractivity contribution in [1.82, 2.24) is 9.97 Å². The summed E-state index contributed by atoms with van der Waals surface area (Å²) >= 11 is 0. The van der Waals surface area contributed by atoms with Gasteiger partial charge in [0.25, 0.3) is 0 Å². The highest BCUT2D eigenvalue weighted by Gasteiger charge is 2.56. The quantitative estimate of drug-likeness (QED) is 0.167. The summed E-state index contributed by atoms with van der Waals surface area (Å²) in [6.07, 6.45) is 17.0. The molecule has 4 heteroatoms. The van der Waals surface area contributed by atoms with Crippen LogP contribution in [0.25, 0.3) is 101 Å². The molecular weight excluding hydrogens is 817 g/mol. The normalized spacial score (nSPS) is 23.8.